The van der Waals surface area contributed by atoms with Crippen molar-refractivity contribution in [1.29, 1.82) is 0 Å². The fraction of sp³-hybridized carbons (Fsp3) is 0.500. The first-order chi connectivity index (χ1) is 10.6. The van der Waals surface area contributed by atoms with E-state index in [-0.39, 0.29) is 23.7 Å². The summed E-state index contributed by atoms with van der Waals surface area (Å²) in [6.07, 6.45) is 3.59. The average Bonchev–Trinajstić information content (AvgIpc) is 3.12. The Morgan fingerprint density at radius 2 is 2.17 bits per heavy atom. The second-order valence-electron chi connectivity index (χ2n) is 6.69. The van der Waals surface area contributed by atoms with Crippen molar-refractivity contribution in [1.82, 2.24) is 4.90 Å². The van der Waals surface area contributed by atoms with Crippen molar-refractivity contribution in [2.24, 2.45) is 11.1 Å². The van der Waals surface area contributed by atoms with E-state index in [0.717, 1.165) is 32.4 Å². The Kier molecular flexibility index (Phi) is 6.06. The molecule has 1 aliphatic rings. The molecule has 0 radical (unpaired) electrons. The summed E-state index contributed by atoms with van der Waals surface area (Å²) in [5.74, 6) is 0.289. The molecule has 1 amide bonds. The molecule has 2 N–H and O–H groups in total. The van der Waals surface area contributed by atoms with E-state index >= 15 is 0 Å². The van der Waals surface area contributed by atoms with Crippen LogP contribution < -0.4 is 5.73 Å². The minimum atomic E-state index is 0. The first-order valence-corrected chi connectivity index (χ1v) is 8.92. The number of aryl methyl sites for hydroxylation is 1. The SMILES string of the molecule is CC1(CN)CCN(C(=O)CCCc2csc3ccccc23)C1.Cl. The normalized spacial score (nSPS) is 20.7. The van der Waals surface area contributed by atoms with Gasteiger partial charge in [-0.05, 0) is 53.6 Å². The summed E-state index contributed by atoms with van der Waals surface area (Å²) >= 11 is 1.79. The molecule has 2 heterocycles. The van der Waals surface area contributed by atoms with Crippen LogP contribution in [0.1, 0.15) is 31.7 Å². The summed E-state index contributed by atoms with van der Waals surface area (Å²) in [6.45, 7) is 4.53. The third-order valence-corrected chi connectivity index (χ3v) is 5.81. The van der Waals surface area contributed by atoms with Crippen molar-refractivity contribution < 1.29 is 4.79 Å². The van der Waals surface area contributed by atoms with Gasteiger partial charge in [-0.2, -0.15) is 0 Å². The summed E-state index contributed by atoms with van der Waals surface area (Å²) in [7, 11) is 0. The Labute approximate surface area is 148 Å². The first kappa shape index (κ1) is 18.2. The van der Waals surface area contributed by atoms with E-state index in [1.54, 1.807) is 11.3 Å². The van der Waals surface area contributed by atoms with Crippen LogP contribution in [0.3, 0.4) is 0 Å². The summed E-state index contributed by atoms with van der Waals surface area (Å²) in [5.41, 5.74) is 7.31. The van der Waals surface area contributed by atoms with Crippen LogP contribution in [0.25, 0.3) is 10.1 Å². The van der Waals surface area contributed by atoms with Gasteiger partial charge in [0.25, 0.3) is 0 Å². The zero-order chi connectivity index (χ0) is 15.6. The van der Waals surface area contributed by atoms with Crippen molar-refractivity contribution >= 4 is 39.7 Å². The zero-order valence-corrected chi connectivity index (χ0v) is 15.2. The van der Waals surface area contributed by atoms with Gasteiger partial charge < -0.3 is 10.6 Å². The molecule has 23 heavy (non-hydrogen) atoms. The van der Waals surface area contributed by atoms with Gasteiger partial charge in [0.2, 0.25) is 5.91 Å². The number of nitrogens with two attached hydrogens (primary N) is 1. The quantitative estimate of drug-likeness (QED) is 0.888. The summed E-state index contributed by atoms with van der Waals surface area (Å²) in [4.78, 5) is 14.3. The third kappa shape index (κ3) is 4.06. The molecule has 0 aliphatic carbocycles. The molecule has 1 aromatic heterocycles. The lowest BCUT2D eigenvalue weighted by molar-refractivity contribution is -0.130. The number of amides is 1. The monoisotopic (exact) mass is 352 g/mol. The lowest BCUT2D eigenvalue weighted by Crippen LogP contribution is -2.34. The highest BCUT2D eigenvalue weighted by atomic mass is 35.5. The molecule has 2 aromatic rings. The Morgan fingerprint density at radius 3 is 2.91 bits per heavy atom. The maximum Gasteiger partial charge on any atom is 0.222 e. The fourth-order valence-corrected chi connectivity index (χ4v) is 4.22. The van der Waals surface area contributed by atoms with Gasteiger partial charge in [-0.15, -0.1) is 23.7 Å². The van der Waals surface area contributed by atoms with Crippen molar-refractivity contribution in [3.63, 3.8) is 0 Å². The van der Waals surface area contributed by atoms with E-state index in [2.05, 4.69) is 36.6 Å². The van der Waals surface area contributed by atoms with Crippen molar-refractivity contribution in [2.75, 3.05) is 19.6 Å². The first-order valence-electron chi connectivity index (χ1n) is 8.04. The maximum atomic E-state index is 12.3. The highest BCUT2D eigenvalue weighted by Gasteiger charge is 2.34. The van der Waals surface area contributed by atoms with Crippen LogP contribution in [0, 0.1) is 5.41 Å². The minimum absolute atomic E-state index is 0. The van der Waals surface area contributed by atoms with E-state index in [9.17, 15) is 4.79 Å². The number of thiophene rings is 1. The molecule has 1 unspecified atom stereocenters. The van der Waals surface area contributed by atoms with Crippen LogP contribution in [0.4, 0.5) is 0 Å². The molecule has 1 atom stereocenters. The molecule has 0 spiro atoms. The van der Waals surface area contributed by atoms with Crippen LogP contribution in [-0.4, -0.2) is 30.4 Å². The van der Waals surface area contributed by atoms with E-state index in [4.69, 9.17) is 5.73 Å². The zero-order valence-electron chi connectivity index (χ0n) is 13.6. The van der Waals surface area contributed by atoms with Gasteiger partial charge in [0.15, 0.2) is 0 Å². The predicted molar refractivity (Wildman–Crippen MR) is 100 cm³/mol. The largest absolute Gasteiger partial charge is 0.342 e. The van der Waals surface area contributed by atoms with Gasteiger partial charge in [-0.1, -0.05) is 25.1 Å². The molecule has 5 heteroatoms. The Bertz CT molecular complexity index is 672. The number of rotatable bonds is 5. The molecular formula is C18H25ClN2OS. The average molecular weight is 353 g/mol. The Balaban J connectivity index is 0.00000192. The molecule has 0 bridgehead atoms. The van der Waals surface area contributed by atoms with Gasteiger partial charge in [0.05, 0.1) is 0 Å². The van der Waals surface area contributed by atoms with Crippen LogP contribution >= 0.6 is 23.7 Å². The standard InChI is InChI=1S/C18H24N2OS.ClH/c1-18(12-19)9-10-20(13-18)17(21)8-4-5-14-11-22-16-7-3-2-6-15(14)16;/h2-3,6-7,11H,4-5,8-10,12-13,19H2,1H3;1H. The molecule has 1 fully saturated rings. The second kappa shape index (κ2) is 7.65. The molecule has 0 saturated carbocycles. The van der Waals surface area contributed by atoms with Gasteiger partial charge in [-0.25, -0.2) is 0 Å². The molecule has 1 aromatic carbocycles. The van der Waals surface area contributed by atoms with E-state index < -0.39 is 0 Å². The van der Waals surface area contributed by atoms with E-state index in [1.807, 2.05) is 4.90 Å². The molecule has 126 valence electrons. The summed E-state index contributed by atoms with van der Waals surface area (Å²) < 4.78 is 1.34. The van der Waals surface area contributed by atoms with Crippen molar-refractivity contribution in [3.8, 4) is 0 Å². The van der Waals surface area contributed by atoms with Crippen molar-refractivity contribution in [3.05, 3.63) is 35.2 Å². The highest BCUT2D eigenvalue weighted by molar-refractivity contribution is 7.17. The van der Waals surface area contributed by atoms with Crippen LogP contribution in [0.2, 0.25) is 0 Å². The molecular weight excluding hydrogens is 328 g/mol. The number of fused-ring (bicyclic) bond motifs is 1. The molecule has 1 aliphatic heterocycles. The maximum absolute atomic E-state index is 12.3. The number of halogens is 1. The number of carbonyl (C=O) groups is 1. The minimum Gasteiger partial charge on any atom is -0.342 e. The number of hydrogen-bond donors (Lipinski definition) is 1. The van der Waals surface area contributed by atoms with E-state index in [0.29, 0.717) is 13.0 Å². The van der Waals surface area contributed by atoms with Gasteiger partial charge in [-0.3, -0.25) is 4.79 Å². The third-order valence-electron chi connectivity index (χ3n) is 4.80. The topological polar surface area (TPSA) is 46.3 Å². The number of likely N-dealkylation sites (tertiary alicyclic amines) is 1. The number of nitrogens with zero attached hydrogens (tertiary/aromatic N) is 1. The van der Waals surface area contributed by atoms with Crippen molar-refractivity contribution in [2.45, 2.75) is 32.6 Å². The smallest absolute Gasteiger partial charge is 0.222 e. The lowest BCUT2D eigenvalue weighted by atomic mass is 9.90. The Hall–Kier alpha value is -1.10. The number of benzene rings is 1. The van der Waals surface area contributed by atoms with Gasteiger partial charge >= 0.3 is 0 Å². The van der Waals surface area contributed by atoms with Crippen LogP contribution in [0.15, 0.2) is 29.6 Å². The Morgan fingerprint density at radius 1 is 1.39 bits per heavy atom. The second-order valence-corrected chi connectivity index (χ2v) is 7.60. The van der Waals surface area contributed by atoms with Gasteiger partial charge in [0.1, 0.15) is 0 Å². The summed E-state index contributed by atoms with van der Waals surface area (Å²) in [5, 5.41) is 3.58. The van der Waals surface area contributed by atoms with Gasteiger partial charge in [0, 0.05) is 24.2 Å². The number of hydrogen-bond acceptors (Lipinski definition) is 3. The highest BCUT2D eigenvalue weighted by Crippen LogP contribution is 2.30. The fourth-order valence-electron chi connectivity index (χ4n) is 3.22. The van der Waals surface area contributed by atoms with E-state index in [1.165, 1.54) is 15.6 Å². The van der Waals surface area contributed by atoms with Crippen LogP contribution in [-0.2, 0) is 11.2 Å². The lowest BCUT2D eigenvalue weighted by Gasteiger charge is -2.22. The number of carbonyl (C=O) groups excluding carboxylic acids is 1. The van der Waals surface area contributed by atoms with Crippen LogP contribution in [0.5, 0.6) is 0 Å². The molecule has 3 nitrogen and oxygen atoms in total. The predicted octanol–water partition coefficient (Wildman–Crippen LogP) is 3.84. The summed E-state index contributed by atoms with van der Waals surface area (Å²) in [6, 6.07) is 8.50. The molecule has 1 saturated heterocycles. The molecule has 3 rings (SSSR count).